The number of nitrogens with two attached hydrogens (primary N) is 2. The van der Waals surface area contributed by atoms with Crippen molar-refractivity contribution in [2.24, 2.45) is 11.5 Å². The average molecular weight is 356 g/mol. The molecule has 2 saturated heterocycles. The van der Waals surface area contributed by atoms with E-state index in [0.717, 1.165) is 32.1 Å². The van der Waals surface area contributed by atoms with Gasteiger partial charge in [0.25, 0.3) is 0 Å². The summed E-state index contributed by atoms with van der Waals surface area (Å²) in [4.78, 5) is 35.4. The van der Waals surface area contributed by atoms with E-state index < -0.39 is 4.75 Å². The van der Waals surface area contributed by atoms with Crippen LogP contribution in [-0.4, -0.2) is 46.8 Å². The maximum atomic E-state index is 12.0. The van der Waals surface area contributed by atoms with Crippen LogP contribution in [0.2, 0.25) is 0 Å². The second-order valence-electron chi connectivity index (χ2n) is 6.61. The molecule has 7 nitrogen and oxygen atoms in total. The van der Waals surface area contributed by atoms with Crippen molar-refractivity contribution in [3.63, 3.8) is 0 Å². The van der Waals surface area contributed by atoms with Crippen molar-refractivity contribution in [2.75, 3.05) is 12.3 Å². The van der Waals surface area contributed by atoms with E-state index in [1.54, 1.807) is 0 Å². The van der Waals surface area contributed by atoms with Gasteiger partial charge < -0.3 is 22.1 Å². The number of hydrogen-bond donors (Lipinski definition) is 4. The predicted molar refractivity (Wildman–Crippen MR) is 94.6 cm³/mol. The minimum atomic E-state index is -0.756. The highest BCUT2D eigenvalue weighted by Gasteiger charge is 2.56. The molecule has 0 spiro atoms. The van der Waals surface area contributed by atoms with Crippen LogP contribution in [0.25, 0.3) is 0 Å². The van der Waals surface area contributed by atoms with Crippen molar-refractivity contribution in [1.82, 2.24) is 10.6 Å². The molecule has 0 saturated carbocycles. The van der Waals surface area contributed by atoms with E-state index in [0.29, 0.717) is 31.6 Å². The summed E-state index contributed by atoms with van der Waals surface area (Å²) in [5.74, 6) is 0.580. The van der Waals surface area contributed by atoms with Crippen LogP contribution in [0.5, 0.6) is 0 Å². The number of nitrogens with one attached hydrogen (secondary N) is 2. The normalized spacial score (nSPS) is 28.3. The number of fused-ring (bicyclic) bond motifs is 1. The van der Waals surface area contributed by atoms with E-state index in [9.17, 15) is 14.4 Å². The van der Waals surface area contributed by atoms with E-state index in [1.807, 2.05) is 0 Å². The topological polar surface area (TPSA) is 127 Å². The minimum absolute atomic E-state index is 0.0424. The van der Waals surface area contributed by atoms with E-state index in [1.165, 1.54) is 11.8 Å². The molecule has 0 aliphatic carbocycles. The van der Waals surface area contributed by atoms with Gasteiger partial charge in [-0.1, -0.05) is 12.8 Å². The molecular formula is C16H28N4O3S. The van der Waals surface area contributed by atoms with Crippen LogP contribution in [-0.2, 0) is 9.59 Å². The largest absolute Gasteiger partial charge is 0.368 e. The summed E-state index contributed by atoms with van der Waals surface area (Å²) in [5.41, 5.74) is 11.1. The van der Waals surface area contributed by atoms with Crippen LogP contribution in [0.1, 0.15) is 51.4 Å². The fraction of sp³-hybridized carbons (Fsp3) is 0.812. The number of amides is 3. The Balaban J connectivity index is 1.74. The molecular weight excluding hydrogens is 328 g/mol. The number of thioether (sulfide) groups is 1. The zero-order valence-corrected chi connectivity index (χ0v) is 14.8. The number of ketones is 1. The summed E-state index contributed by atoms with van der Waals surface area (Å²) in [6, 6.07) is -0.526. The summed E-state index contributed by atoms with van der Waals surface area (Å²) < 4.78 is -0.756. The van der Waals surface area contributed by atoms with E-state index in [4.69, 9.17) is 11.5 Å². The molecule has 0 unspecified atom stereocenters. The van der Waals surface area contributed by atoms with Gasteiger partial charge in [0.15, 0.2) is 0 Å². The van der Waals surface area contributed by atoms with Crippen LogP contribution < -0.4 is 22.1 Å². The highest BCUT2D eigenvalue weighted by molar-refractivity contribution is 8.01. The zero-order chi connectivity index (χ0) is 17.6. The molecule has 8 heteroatoms. The lowest BCUT2D eigenvalue weighted by Gasteiger charge is -2.30. The summed E-state index contributed by atoms with van der Waals surface area (Å²) in [7, 11) is 0. The number of primary amides is 1. The van der Waals surface area contributed by atoms with Gasteiger partial charge >= 0.3 is 6.03 Å². The second-order valence-corrected chi connectivity index (χ2v) is 7.96. The maximum Gasteiger partial charge on any atom is 0.315 e. The first-order valence-electron chi connectivity index (χ1n) is 8.72. The molecule has 2 heterocycles. The van der Waals surface area contributed by atoms with Gasteiger partial charge in [0.1, 0.15) is 10.5 Å². The van der Waals surface area contributed by atoms with E-state index in [-0.39, 0.29) is 29.8 Å². The van der Waals surface area contributed by atoms with Crippen molar-refractivity contribution in [1.29, 1.82) is 0 Å². The zero-order valence-electron chi connectivity index (χ0n) is 14.0. The highest BCUT2D eigenvalue weighted by atomic mass is 32.2. The molecule has 2 fully saturated rings. The molecule has 2 rings (SSSR count). The molecule has 0 aromatic heterocycles. The third kappa shape index (κ3) is 4.42. The Morgan fingerprint density at radius 2 is 1.83 bits per heavy atom. The van der Waals surface area contributed by atoms with Crippen molar-refractivity contribution in [3.05, 3.63) is 0 Å². The Labute approximate surface area is 147 Å². The van der Waals surface area contributed by atoms with Crippen LogP contribution in [0, 0.1) is 0 Å². The van der Waals surface area contributed by atoms with Gasteiger partial charge in [-0.2, -0.15) is 0 Å². The molecule has 3 amide bonds. The number of carbonyl (C=O) groups excluding carboxylic acids is 3. The second kappa shape index (κ2) is 8.71. The molecule has 6 N–H and O–H groups in total. The highest BCUT2D eigenvalue weighted by Crippen LogP contribution is 2.43. The number of hydrogen-bond acceptors (Lipinski definition) is 5. The molecule has 0 bridgehead atoms. The van der Waals surface area contributed by atoms with Crippen LogP contribution >= 0.6 is 11.8 Å². The van der Waals surface area contributed by atoms with Crippen LogP contribution in [0.15, 0.2) is 0 Å². The van der Waals surface area contributed by atoms with Crippen molar-refractivity contribution >= 4 is 29.5 Å². The van der Waals surface area contributed by atoms with Crippen LogP contribution in [0.3, 0.4) is 0 Å². The smallest absolute Gasteiger partial charge is 0.315 e. The molecule has 0 aromatic rings. The molecule has 3 atom stereocenters. The van der Waals surface area contributed by atoms with Gasteiger partial charge in [0.05, 0.1) is 12.1 Å². The standard InChI is InChI=1S/C16H28N4O3S/c17-9-5-1-2-6-11(21)7-3-4-8-16(14(18)22)13-12(10-24-16)19-15(23)20-13/h12-13H,1-10,17H2,(H2,18,22)(H2,19,20,23)/t12-,13-,16-/m0/s1. The van der Waals surface area contributed by atoms with E-state index in [2.05, 4.69) is 10.6 Å². The van der Waals surface area contributed by atoms with Crippen molar-refractivity contribution in [2.45, 2.75) is 68.2 Å². The van der Waals surface area contributed by atoms with Gasteiger partial charge in [-0.05, 0) is 32.2 Å². The first kappa shape index (κ1) is 19.1. The fourth-order valence-corrected chi connectivity index (χ4v) is 5.08. The van der Waals surface area contributed by atoms with Gasteiger partial charge in [0.2, 0.25) is 5.91 Å². The molecule has 2 aliphatic rings. The number of carbonyl (C=O) groups is 3. The average Bonchev–Trinajstić information content (AvgIpc) is 3.06. The molecule has 0 radical (unpaired) electrons. The quantitative estimate of drug-likeness (QED) is 0.319. The minimum Gasteiger partial charge on any atom is -0.368 e. The number of rotatable bonds is 11. The van der Waals surface area contributed by atoms with Crippen molar-refractivity contribution < 1.29 is 14.4 Å². The van der Waals surface area contributed by atoms with Gasteiger partial charge in [-0.15, -0.1) is 11.8 Å². The van der Waals surface area contributed by atoms with Gasteiger partial charge in [-0.3, -0.25) is 9.59 Å². The van der Waals surface area contributed by atoms with Crippen LogP contribution in [0.4, 0.5) is 4.79 Å². The maximum absolute atomic E-state index is 12.0. The first-order chi connectivity index (χ1) is 11.5. The Bertz CT molecular complexity index is 488. The summed E-state index contributed by atoms with van der Waals surface area (Å²) >= 11 is 1.52. The summed E-state index contributed by atoms with van der Waals surface area (Å²) in [5, 5.41) is 5.65. The third-order valence-electron chi connectivity index (χ3n) is 4.86. The lowest BCUT2D eigenvalue weighted by molar-refractivity contribution is -0.121. The lowest BCUT2D eigenvalue weighted by Crippen LogP contribution is -2.54. The Morgan fingerprint density at radius 1 is 1.12 bits per heavy atom. The molecule has 24 heavy (non-hydrogen) atoms. The lowest BCUT2D eigenvalue weighted by atomic mass is 9.88. The van der Waals surface area contributed by atoms with Crippen molar-refractivity contribution in [3.8, 4) is 0 Å². The number of urea groups is 1. The SMILES string of the molecule is NCCCCCC(=O)CCCC[C@]1(C(N)=O)SC[C@@H]2NC(=O)N[C@@H]21. The monoisotopic (exact) mass is 356 g/mol. The third-order valence-corrected chi connectivity index (χ3v) is 6.56. The number of unbranched alkanes of at least 4 members (excludes halogenated alkanes) is 3. The van der Waals surface area contributed by atoms with E-state index >= 15 is 0 Å². The summed E-state index contributed by atoms with van der Waals surface area (Å²) in [6.07, 6.45) is 6.12. The molecule has 2 aliphatic heterocycles. The Kier molecular flexibility index (Phi) is 6.91. The predicted octanol–water partition coefficient (Wildman–Crippen LogP) is 0.656. The Hall–Kier alpha value is -1.28. The molecule has 136 valence electrons. The Morgan fingerprint density at radius 3 is 2.50 bits per heavy atom. The van der Waals surface area contributed by atoms with Gasteiger partial charge in [-0.25, -0.2) is 4.79 Å². The summed E-state index contributed by atoms with van der Waals surface area (Å²) in [6.45, 7) is 0.675. The number of Topliss-reactive ketones (excluding diaryl/α,β-unsaturated/α-hetero) is 1. The fourth-order valence-electron chi connectivity index (χ4n) is 3.50. The molecule has 0 aromatic carbocycles. The first-order valence-corrected chi connectivity index (χ1v) is 9.71. The van der Waals surface area contributed by atoms with Gasteiger partial charge in [0, 0.05) is 18.6 Å².